The van der Waals surface area contributed by atoms with Gasteiger partial charge in [-0.2, -0.15) is 0 Å². The molecular formula is C16H20O4. The van der Waals surface area contributed by atoms with Gasteiger partial charge in [-0.1, -0.05) is 26.5 Å². The largest absolute Gasteiger partial charge is 0.479 e. The molecule has 0 unspecified atom stereocenters. The summed E-state index contributed by atoms with van der Waals surface area (Å²) in [4.78, 5) is 22.5. The minimum absolute atomic E-state index is 0.168. The van der Waals surface area contributed by atoms with Gasteiger partial charge in [0.25, 0.3) is 0 Å². The van der Waals surface area contributed by atoms with E-state index in [0.717, 1.165) is 6.29 Å². The lowest BCUT2D eigenvalue weighted by atomic mass is 10.1. The fraction of sp³-hybridized carbons (Fsp3) is 0.375. The number of aldehydes is 1. The maximum absolute atomic E-state index is 11.9. The Hall–Kier alpha value is -2.10. The maximum atomic E-state index is 11.9. The highest BCUT2D eigenvalue weighted by Gasteiger charge is 2.23. The Kier molecular flexibility index (Phi) is 6.50. The molecule has 0 aromatic heterocycles. The Bertz CT molecular complexity index is 448. The SMILES string of the molecule is C=CCOC(=O)[C@H](CC(C)C)Oc1ccc(C=O)cc1. The highest BCUT2D eigenvalue weighted by Crippen LogP contribution is 2.17. The number of rotatable bonds is 8. The predicted molar refractivity (Wildman–Crippen MR) is 76.9 cm³/mol. The first-order chi connectivity index (χ1) is 9.56. The highest BCUT2D eigenvalue weighted by atomic mass is 16.6. The molecule has 0 N–H and O–H groups in total. The third kappa shape index (κ3) is 5.26. The van der Waals surface area contributed by atoms with E-state index in [4.69, 9.17) is 9.47 Å². The number of ether oxygens (including phenoxy) is 2. The van der Waals surface area contributed by atoms with Gasteiger partial charge in [0.2, 0.25) is 0 Å². The molecule has 4 nitrogen and oxygen atoms in total. The lowest BCUT2D eigenvalue weighted by Gasteiger charge is -2.19. The molecule has 0 radical (unpaired) electrons. The average Bonchev–Trinajstić information content (AvgIpc) is 2.44. The van der Waals surface area contributed by atoms with E-state index >= 15 is 0 Å². The first-order valence-electron chi connectivity index (χ1n) is 6.56. The molecule has 4 heteroatoms. The molecule has 0 aliphatic heterocycles. The van der Waals surface area contributed by atoms with Crippen LogP contribution in [0.25, 0.3) is 0 Å². The highest BCUT2D eigenvalue weighted by molar-refractivity contribution is 5.76. The number of benzene rings is 1. The van der Waals surface area contributed by atoms with Crippen molar-refractivity contribution in [3.8, 4) is 5.75 Å². The van der Waals surface area contributed by atoms with Gasteiger partial charge in [0.15, 0.2) is 6.10 Å². The molecule has 0 spiro atoms. The summed E-state index contributed by atoms with van der Waals surface area (Å²) < 4.78 is 10.7. The van der Waals surface area contributed by atoms with Crippen LogP contribution in [0.5, 0.6) is 5.75 Å². The fourth-order valence-electron chi connectivity index (χ4n) is 1.64. The smallest absolute Gasteiger partial charge is 0.347 e. The van der Waals surface area contributed by atoms with E-state index < -0.39 is 12.1 Å². The van der Waals surface area contributed by atoms with Gasteiger partial charge in [0, 0.05) is 5.56 Å². The molecule has 1 atom stereocenters. The monoisotopic (exact) mass is 276 g/mol. The van der Waals surface area contributed by atoms with E-state index in [-0.39, 0.29) is 6.61 Å². The van der Waals surface area contributed by atoms with Crippen LogP contribution in [0.4, 0.5) is 0 Å². The van der Waals surface area contributed by atoms with Gasteiger partial charge in [0.1, 0.15) is 18.6 Å². The quantitative estimate of drug-likeness (QED) is 0.416. The van der Waals surface area contributed by atoms with Crippen LogP contribution in [0.2, 0.25) is 0 Å². The van der Waals surface area contributed by atoms with E-state index in [9.17, 15) is 9.59 Å². The summed E-state index contributed by atoms with van der Waals surface area (Å²) in [5, 5.41) is 0. The van der Waals surface area contributed by atoms with E-state index in [2.05, 4.69) is 6.58 Å². The zero-order chi connectivity index (χ0) is 15.0. The van der Waals surface area contributed by atoms with Crippen LogP contribution < -0.4 is 4.74 Å². The molecule has 1 aromatic carbocycles. The zero-order valence-electron chi connectivity index (χ0n) is 11.9. The molecule has 0 bridgehead atoms. The molecule has 1 aromatic rings. The molecule has 0 saturated heterocycles. The third-order valence-electron chi connectivity index (χ3n) is 2.59. The Morgan fingerprint density at radius 2 is 1.95 bits per heavy atom. The topological polar surface area (TPSA) is 52.6 Å². The predicted octanol–water partition coefficient (Wildman–Crippen LogP) is 3.02. The normalized spacial score (nSPS) is 11.8. The Balaban J connectivity index is 2.73. The first kappa shape index (κ1) is 16.0. The molecule has 0 amide bonds. The van der Waals surface area contributed by atoms with E-state index in [0.29, 0.717) is 23.7 Å². The van der Waals surface area contributed by atoms with Crippen molar-refractivity contribution >= 4 is 12.3 Å². The molecule has 108 valence electrons. The van der Waals surface area contributed by atoms with Crippen LogP contribution in [-0.2, 0) is 9.53 Å². The number of hydrogen-bond donors (Lipinski definition) is 0. The fourth-order valence-corrected chi connectivity index (χ4v) is 1.64. The van der Waals surface area contributed by atoms with Crippen LogP contribution in [0.1, 0.15) is 30.6 Å². The number of carbonyl (C=O) groups excluding carboxylic acids is 2. The van der Waals surface area contributed by atoms with Crippen LogP contribution >= 0.6 is 0 Å². The third-order valence-corrected chi connectivity index (χ3v) is 2.59. The molecule has 20 heavy (non-hydrogen) atoms. The van der Waals surface area contributed by atoms with E-state index in [1.807, 2.05) is 13.8 Å². The summed E-state index contributed by atoms with van der Waals surface area (Å²) >= 11 is 0. The van der Waals surface area contributed by atoms with Gasteiger partial charge in [-0.05, 0) is 36.6 Å². The lowest BCUT2D eigenvalue weighted by molar-refractivity contribution is -0.151. The second-order valence-electron chi connectivity index (χ2n) is 4.84. The maximum Gasteiger partial charge on any atom is 0.347 e. The van der Waals surface area contributed by atoms with Crippen LogP contribution in [-0.4, -0.2) is 25.0 Å². The average molecular weight is 276 g/mol. The molecule has 0 aliphatic carbocycles. The van der Waals surface area contributed by atoms with Crippen molar-refractivity contribution in [3.63, 3.8) is 0 Å². The summed E-state index contributed by atoms with van der Waals surface area (Å²) in [5.74, 6) is 0.431. The second-order valence-corrected chi connectivity index (χ2v) is 4.84. The van der Waals surface area contributed by atoms with Crippen molar-refractivity contribution in [2.75, 3.05) is 6.61 Å². The summed E-state index contributed by atoms with van der Waals surface area (Å²) in [5.41, 5.74) is 0.562. The summed E-state index contributed by atoms with van der Waals surface area (Å²) in [6.45, 7) is 7.69. The Labute approximate surface area is 119 Å². The van der Waals surface area contributed by atoms with Gasteiger partial charge in [-0.15, -0.1) is 0 Å². The van der Waals surface area contributed by atoms with Gasteiger partial charge in [0.05, 0.1) is 0 Å². The van der Waals surface area contributed by atoms with Crippen molar-refractivity contribution in [1.82, 2.24) is 0 Å². The molecule has 0 heterocycles. The van der Waals surface area contributed by atoms with Gasteiger partial charge in [-0.3, -0.25) is 4.79 Å². The minimum Gasteiger partial charge on any atom is -0.479 e. The van der Waals surface area contributed by atoms with Gasteiger partial charge >= 0.3 is 5.97 Å². The van der Waals surface area contributed by atoms with Gasteiger partial charge in [-0.25, -0.2) is 4.79 Å². The lowest BCUT2D eigenvalue weighted by Crippen LogP contribution is -2.31. The van der Waals surface area contributed by atoms with Crippen molar-refractivity contribution < 1.29 is 19.1 Å². The molecule has 0 aliphatic rings. The number of esters is 1. The Morgan fingerprint density at radius 1 is 1.30 bits per heavy atom. The standard InChI is InChI=1S/C16H20O4/c1-4-9-19-16(18)15(10-12(2)3)20-14-7-5-13(11-17)6-8-14/h4-8,11-12,15H,1,9-10H2,2-3H3/t15-/m0/s1. The summed E-state index contributed by atoms with van der Waals surface area (Å²) in [6.07, 6.45) is 2.18. The molecule has 0 saturated carbocycles. The van der Waals surface area contributed by atoms with Crippen molar-refractivity contribution in [1.29, 1.82) is 0 Å². The van der Waals surface area contributed by atoms with Crippen LogP contribution in [0, 0.1) is 5.92 Å². The van der Waals surface area contributed by atoms with E-state index in [1.165, 1.54) is 6.08 Å². The first-order valence-corrected chi connectivity index (χ1v) is 6.56. The van der Waals surface area contributed by atoms with Crippen LogP contribution in [0.3, 0.4) is 0 Å². The van der Waals surface area contributed by atoms with Gasteiger partial charge < -0.3 is 9.47 Å². The molecule has 1 rings (SSSR count). The van der Waals surface area contributed by atoms with Crippen molar-refractivity contribution in [3.05, 3.63) is 42.5 Å². The minimum atomic E-state index is -0.656. The second kappa shape index (κ2) is 8.15. The molecule has 0 fully saturated rings. The molecular weight excluding hydrogens is 256 g/mol. The summed E-state index contributed by atoms with van der Waals surface area (Å²) in [6, 6.07) is 6.61. The Morgan fingerprint density at radius 3 is 2.45 bits per heavy atom. The van der Waals surface area contributed by atoms with Crippen molar-refractivity contribution in [2.45, 2.75) is 26.4 Å². The number of hydrogen-bond acceptors (Lipinski definition) is 4. The zero-order valence-corrected chi connectivity index (χ0v) is 11.9. The van der Waals surface area contributed by atoms with Crippen LogP contribution in [0.15, 0.2) is 36.9 Å². The van der Waals surface area contributed by atoms with E-state index in [1.54, 1.807) is 24.3 Å². The number of carbonyl (C=O) groups is 2. The van der Waals surface area contributed by atoms with Crippen molar-refractivity contribution in [2.24, 2.45) is 5.92 Å². The summed E-state index contributed by atoms with van der Waals surface area (Å²) in [7, 11) is 0.